The molecule has 0 fully saturated rings. The lowest BCUT2D eigenvalue weighted by Crippen LogP contribution is -1.96. The van der Waals surface area contributed by atoms with E-state index in [2.05, 4.69) is 159 Å². The third-order valence-electron chi connectivity index (χ3n) is 10.7. The van der Waals surface area contributed by atoms with Gasteiger partial charge >= 0.3 is 0 Å². The van der Waals surface area contributed by atoms with Gasteiger partial charge in [0, 0.05) is 60.7 Å². The lowest BCUT2D eigenvalue weighted by molar-refractivity contribution is 1.13. The van der Waals surface area contributed by atoms with Gasteiger partial charge in [-0.25, -0.2) is 4.98 Å². The fourth-order valence-electron chi connectivity index (χ4n) is 8.77. The van der Waals surface area contributed by atoms with E-state index < -0.39 is 0 Å². The van der Waals surface area contributed by atoms with E-state index in [1.165, 1.54) is 76.1 Å². The monoisotopic (exact) mass is 622 g/mol. The third kappa shape index (κ3) is 3.16. The van der Waals surface area contributed by atoms with Gasteiger partial charge < -0.3 is 8.97 Å². The van der Waals surface area contributed by atoms with E-state index in [0.29, 0.717) is 0 Å². The number of pyridine rings is 1. The van der Waals surface area contributed by atoms with Crippen LogP contribution in [0.25, 0.3) is 104 Å². The molecule has 226 valence electrons. The van der Waals surface area contributed by atoms with E-state index in [-0.39, 0.29) is 0 Å². The quantitative estimate of drug-likeness (QED) is 0.188. The average Bonchev–Trinajstić information content (AvgIpc) is 3.88. The number of hydrogen-bond donors (Lipinski definition) is 0. The van der Waals surface area contributed by atoms with Crippen LogP contribution < -0.4 is 0 Å². The normalized spacial score (nSPS) is 12.5. The predicted octanol–water partition coefficient (Wildman–Crippen LogP) is 11.6. The van der Waals surface area contributed by atoms with Gasteiger partial charge in [-0.3, -0.25) is 4.57 Å². The summed E-state index contributed by atoms with van der Waals surface area (Å²) >= 11 is 0. The third-order valence-corrected chi connectivity index (χ3v) is 10.7. The van der Waals surface area contributed by atoms with Crippen molar-refractivity contribution in [2.75, 3.05) is 0 Å². The fourth-order valence-corrected chi connectivity index (χ4v) is 8.77. The lowest BCUT2D eigenvalue weighted by Gasteiger charge is -2.11. The van der Waals surface area contributed by atoms with Crippen LogP contribution in [0.5, 0.6) is 0 Å². The molecule has 4 heteroatoms. The molecule has 5 heterocycles. The number of fused-ring (bicyclic) bond motifs is 14. The highest BCUT2D eigenvalue weighted by molar-refractivity contribution is 6.35. The Bertz CT molecular complexity index is 3320. The molecule has 0 saturated carbocycles. The molecular formula is C45H26N4. The molecule has 0 aliphatic heterocycles. The maximum absolute atomic E-state index is 4.88. The summed E-state index contributed by atoms with van der Waals surface area (Å²) in [6.07, 6.45) is 1.89. The highest BCUT2D eigenvalue weighted by Gasteiger charge is 2.25. The van der Waals surface area contributed by atoms with E-state index in [1.807, 2.05) is 12.3 Å². The minimum Gasteiger partial charge on any atom is -0.309 e. The van der Waals surface area contributed by atoms with E-state index in [0.717, 1.165) is 27.9 Å². The van der Waals surface area contributed by atoms with Crippen molar-refractivity contribution >= 4 is 92.6 Å². The molecule has 7 aromatic carbocycles. The molecule has 0 radical (unpaired) electrons. The molecule has 12 aromatic rings. The van der Waals surface area contributed by atoms with Crippen molar-refractivity contribution in [1.29, 1.82) is 0 Å². The lowest BCUT2D eigenvalue weighted by atomic mass is 10.0. The minimum atomic E-state index is 0.966. The summed E-state index contributed by atoms with van der Waals surface area (Å²) in [6, 6.07) is 55.5. The Balaban J connectivity index is 1.29. The van der Waals surface area contributed by atoms with Crippen LogP contribution in [0, 0.1) is 0 Å². The van der Waals surface area contributed by atoms with Gasteiger partial charge in [0.15, 0.2) is 0 Å². The molecule has 0 aliphatic rings. The number of para-hydroxylation sites is 3. The highest BCUT2D eigenvalue weighted by Crippen LogP contribution is 2.47. The Hall–Kier alpha value is -6.65. The van der Waals surface area contributed by atoms with E-state index >= 15 is 0 Å². The van der Waals surface area contributed by atoms with Gasteiger partial charge in [0.05, 0.1) is 33.1 Å². The summed E-state index contributed by atoms with van der Waals surface area (Å²) in [6.45, 7) is 0. The number of benzene rings is 7. The van der Waals surface area contributed by atoms with Gasteiger partial charge in [-0.1, -0.05) is 78.9 Å². The van der Waals surface area contributed by atoms with Crippen LogP contribution in [0.4, 0.5) is 0 Å². The molecule has 0 amide bonds. The standard InChI is InChI=1S/C45H26N4/c1-2-13-29(14-3-1)48-40-21-20-30(25-34(40)33-17-10-22-46-45(33)48)47-38-18-8-6-15-31(38)35-26-36-32-16-7-9-19-39(32)49-41-24-28-12-5-4-11-27(28)23-37(41)42(43(35)47)44(36)49/h1-26H. The summed E-state index contributed by atoms with van der Waals surface area (Å²) in [5, 5.41) is 12.6. The van der Waals surface area contributed by atoms with Gasteiger partial charge in [0.1, 0.15) is 5.65 Å². The number of nitrogens with zero attached hydrogens (tertiary/aromatic N) is 4. The van der Waals surface area contributed by atoms with Gasteiger partial charge in [0.25, 0.3) is 0 Å². The second-order valence-electron chi connectivity index (χ2n) is 13.2. The molecule has 12 rings (SSSR count). The van der Waals surface area contributed by atoms with Crippen LogP contribution in [0.15, 0.2) is 158 Å². The first-order valence-corrected chi connectivity index (χ1v) is 16.8. The molecule has 49 heavy (non-hydrogen) atoms. The zero-order valence-electron chi connectivity index (χ0n) is 26.3. The van der Waals surface area contributed by atoms with Crippen LogP contribution in [-0.2, 0) is 0 Å². The molecule has 0 N–H and O–H groups in total. The summed E-state index contributed by atoms with van der Waals surface area (Å²) in [7, 11) is 0. The van der Waals surface area contributed by atoms with Crippen LogP contribution >= 0.6 is 0 Å². The van der Waals surface area contributed by atoms with Crippen molar-refractivity contribution < 1.29 is 0 Å². The topological polar surface area (TPSA) is 27.2 Å². The molecular weight excluding hydrogens is 597 g/mol. The first-order chi connectivity index (χ1) is 24.3. The zero-order chi connectivity index (χ0) is 31.8. The summed E-state index contributed by atoms with van der Waals surface area (Å²) in [5.41, 5.74) is 10.6. The van der Waals surface area contributed by atoms with Crippen molar-refractivity contribution in [3.8, 4) is 11.4 Å². The average molecular weight is 623 g/mol. The van der Waals surface area contributed by atoms with E-state index in [4.69, 9.17) is 4.98 Å². The molecule has 0 bridgehead atoms. The van der Waals surface area contributed by atoms with E-state index in [9.17, 15) is 0 Å². The van der Waals surface area contributed by atoms with Gasteiger partial charge in [0.2, 0.25) is 0 Å². The van der Waals surface area contributed by atoms with Crippen LogP contribution in [0.1, 0.15) is 0 Å². The van der Waals surface area contributed by atoms with Gasteiger partial charge in [-0.15, -0.1) is 0 Å². The van der Waals surface area contributed by atoms with Crippen molar-refractivity contribution in [2.45, 2.75) is 0 Å². The van der Waals surface area contributed by atoms with Gasteiger partial charge in [-0.2, -0.15) is 0 Å². The highest BCUT2D eigenvalue weighted by atomic mass is 15.0. The van der Waals surface area contributed by atoms with Crippen LogP contribution in [0.3, 0.4) is 0 Å². The predicted molar refractivity (Wildman–Crippen MR) is 205 cm³/mol. The molecule has 5 aromatic heterocycles. The second-order valence-corrected chi connectivity index (χ2v) is 13.2. The molecule has 4 nitrogen and oxygen atoms in total. The summed E-state index contributed by atoms with van der Waals surface area (Å²) < 4.78 is 7.29. The summed E-state index contributed by atoms with van der Waals surface area (Å²) in [4.78, 5) is 4.88. The largest absolute Gasteiger partial charge is 0.309 e. The maximum atomic E-state index is 4.88. The smallest absolute Gasteiger partial charge is 0.145 e. The van der Waals surface area contributed by atoms with Gasteiger partial charge in [-0.05, 0) is 83.6 Å². The Morgan fingerprint density at radius 1 is 0.367 bits per heavy atom. The Morgan fingerprint density at radius 2 is 1.04 bits per heavy atom. The van der Waals surface area contributed by atoms with Crippen molar-refractivity contribution in [3.05, 3.63) is 158 Å². The number of aromatic nitrogens is 4. The van der Waals surface area contributed by atoms with Crippen LogP contribution in [-0.4, -0.2) is 18.5 Å². The maximum Gasteiger partial charge on any atom is 0.145 e. The SMILES string of the molecule is c1ccc(-n2c3ccc(-n4c5ccccc5c5cc6c7ccccc7n7c8cc9ccccc9cc8c(c54)c67)cc3c3cccnc32)cc1. The fraction of sp³-hybridized carbons (Fsp3) is 0. The zero-order valence-corrected chi connectivity index (χ0v) is 26.3. The first-order valence-electron chi connectivity index (χ1n) is 16.8. The van der Waals surface area contributed by atoms with Crippen LogP contribution in [0.2, 0.25) is 0 Å². The molecule has 0 atom stereocenters. The number of hydrogen-bond acceptors (Lipinski definition) is 1. The molecule has 0 spiro atoms. The molecule has 0 aliphatic carbocycles. The summed E-state index contributed by atoms with van der Waals surface area (Å²) in [5.74, 6) is 0. The number of rotatable bonds is 2. The molecule has 0 unspecified atom stereocenters. The van der Waals surface area contributed by atoms with Crippen molar-refractivity contribution in [1.82, 2.24) is 18.5 Å². The first kappa shape index (κ1) is 25.4. The molecule has 0 saturated heterocycles. The Kier molecular flexibility index (Phi) is 4.69. The Morgan fingerprint density at radius 3 is 1.90 bits per heavy atom. The van der Waals surface area contributed by atoms with Crippen molar-refractivity contribution in [2.24, 2.45) is 0 Å². The van der Waals surface area contributed by atoms with E-state index in [1.54, 1.807) is 0 Å². The van der Waals surface area contributed by atoms with Crippen molar-refractivity contribution in [3.63, 3.8) is 0 Å². The Labute approximate surface area is 279 Å². The minimum absolute atomic E-state index is 0.966. The second kappa shape index (κ2) is 9.03.